The number of aryl methyl sites for hydroxylation is 2. The fourth-order valence-electron chi connectivity index (χ4n) is 2.82. The van der Waals surface area contributed by atoms with Crippen LogP contribution in [-0.2, 0) is 0 Å². The maximum Gasteiger partial charge on any atom is 0.123 e. The molecule has 3 aromatic rings. The van der Waals surface area contributed by atoms with Crippen molar-refractivity contribution < 1.29 is 4.39 Å². The van der Waals surface area contributed by atoms with Crippen LogP contribution in [0.1, 0.15) is 11.1 Å². The minimum atomic E-state index is -0.667. The molecule has 2 heteroatoms. The topological polar surface area (TPSA) is 0 Å². The molecule has 0 radical (unpaired) electrons. The predicted octanol–water partition coefficient (Wildman–Crippen LogP) is 4.20. The molecule has 0 saturated heterocycles. The van der Waals surface area contributed by atoms with Crippen LogP contribution in [0, 0.1) is 19.7 Å². The smallest absolute Gasteiger partial charge is 0.123 e. The highest BCUT2D eigenvalue weighted by molar-refractivity contribution is 7.80. The maximum absolute atomic E-state index is 13.7. The zero-order valence-corrected chi connectivity index (χ0v) is 13.6. The fourth-order valence-corrected chi connectivity index (χ4v) is 5.41. The second-order valence-electron chi connectivity index (χ2n) is 5.39. The second kappa shape index (κ2) is 6.42. The second-order valence-corrected chi connectivity index (χ2v) is 7.55. The molecule has 3 aromatic carbocycles. The molecule has 3 rings (SSSR count). The van der Waals surface area contributed by atoms with Gasteiger partial charge in [-0.05, 0) is 60.9 Å². The van der Waals surface area contributed by atoms with E-state index in [0.29, 0.717) is 0 Å². The van der Waals surface area contributed by atoms with Gasteiger partial charge >= 0.3 is 0 Å². The SMILES string of the molecule is Cc1cc(F)cc(C)c1P(c1ccccc1)c1ccccc1. The van der Waals surface area contributed by atoms with Crippen molar-refractivity contribution in [3.05, 3.63) is 89.7 Å². The van der Waals surface area contributed by atoms with Gasteiger partial charge in [-0.2, -0.15) is 0 Å². The molecular weight excluding hydrogens is 290 g/mol. The van der Waals surface area contributed by atoms with Crippen molar-refractivity contribution >= 4 is 23.8 Å². The summed E-state index contributed by atoms with van der Waals surface area (Å²) < 4.78 is 13.7. The van der Waals surface area contributed by atoms with E-state index in [1.54, 1.807) is 12.1 Å². The van der Waals surface area contributed by atoms with E-state index < -0.39 is 7.92 Å². The summed E-state index contributed by atoms with van der Waals surface area (Å²) in [5, 5.41) is 3.84. The standard InChI is InChI=1S/C20H18FP/c1-15-13-17(21)14-16(2)20(15)22(18-9-5-3-6-10-18)19-11-7-4-8-12-19/h3-14H,1-2H3. The van der Waals surface area contributed by atoms with Crippen LogP contribution in [0.15, 0.2) is 72.8 Å². The van der Waals surface area contributed by atoms with Crippen LogP contribution in [0.4, 0.5) is 4.39 Å². The molecule has 0 aliphatic carbocycles. The Morgan fingerprint density at radius 2 is 1.09 bits per heavy atom. The predicted molar refractivity (Wildman–Crippen MR) is 94.6 cm³/mol. The molecule has 0 atom stereocenters. The summed E-state index contributed by atoms with van der Waals surface area (Å²) in [7, 11) is -0.667. The van der Waals surface area contributed by atoms with Crippen LogP contribution in [0.25, 0.3) is 0 Å². The van der Waals surface area contributed by atoms with Crippen LogP contribution in [0.3, 0.4) is 0 Å². The average molecular weight is 308 g/mol. The summed E-state index contributed by atoms with van der Waals surface area (Å²) in [6.45, 7) is 4.01. The molecule has 22 heavy (non-hydrogen) atoms. The van der Waals surface area contributed by atoms with Gasteiger partial charge in [0.15, 0.2) is 0 Å². The first-order chi connectivity index (χ1) is 10.7. The van der Waals surface area contributed by atoms with Gasteiger partial charge in [-0.3, -0.25) is 0 Å². The Morgan fingerprint density at radius 1 is 0.682 bits per heavy atom. The van der Waals surface area contributed by atoms with Gasteiger partial charge in [-0.15, -0.1) is 0 Å². The average Bonchev–Trinajstić information content (AvgIpc) is 2.52. The number of hydrogen-bond donors (Lipinski definition) is 0. The number of benzene rings is 3. The highest BCUT2D eigenvalue weighted by atomic mass is 31.1. The fraction of sp³-hybridized carbons (Fsp3) is 0.100. The maximum atomic E-state index is 13.7. The van der Waals surface area contributed by atoms with E-state index in [-0.39, 0.29) is 5.82 Å². The normalized spacial score (nSPS) is 10.9. The highest BCUT2D eigenvalue weighted by Gasteiger charge is 2.20. The van der Waals surface area contributed by atoms with Crippen LogP contribution in [0.5, 0.6) is 0 Å². The third-order valence-corrected chi connectivity index (χ3v) is 6.49. The summed E-state index contributed by atoms with van der Waals surface area (Å²) in [4.78, 5) is 0. The molecule has 0 aliphatic rings. The van der Waals surface area contributed by atoms with Crippen LogP contribution in [-0.4, -0.2) is 0 Å². The van der Waals surface area contributed by atoms with Crippen LogP contribution >= 0.6 is 7.92 Å². The molecule has 0 nitrogen and oxygen atoms in total. The van der Waals surface area contributed by atoms with Crippen LogP contribution < -0.4 is 15.9 Å². The first-order valence-electron chi connectivity index (χ1n) is 7.34. The van der Waals surface area contributed by atoms with Gasteiger partial charge in [0.1, 0.15) is 5.82 Å². The van der Waals surface area contributed by atoms with Gasteiger partial charge in [-0.25, -0.2) is 4.39 Å². The lowest BCUT2D eigenvalue weighted by Crippen LogP contribution is -2.24. The highest BCUT2D eigenvalue weighted by Crippen LogP contribution is 2.35. The molecule has 0 saturated carbocycles. The molecule has 0 N–H and O–H groups in total. The summed E-state index contributed by atoms with van der Waals surface area (Å²) in [5.41, 5.74) is 2.05. The third-order valence-electron chi connectivity index (χ3n) is 3.71. The van der Waals surface area contributed by atoms with E-state index in [1.165, 1.54) is 15.9 Å². The Balaban J connectivity index is 2.24. The largest absolute Gasteiger partial charge is 0.207 e. The van der Waals surface area contributed by atoms with Crippen molar-refractivity contribution in [1.82, 2.24) is 0 Å². The van der Waals surface area contributed by atoms with Gasteiger partial charge in [0, 0.05) is 0 Å². The Hall–Kier alpha value is -1.98. The molecule has 110 valence electrons. The third kappa shape index (κ3) is 2.96. The zero-order chi connectivity index (χ0) is 15.5. The first-order valence-corrected chi connectivity index (χ1v) is 8.68. The van der Waals surface area contributed by atoms with E-state index in [9.17, 15) is 4.39 Å². The van der Waals surface area contributed by atoms with Crippen molar-refractivity contribution in [2.45, 2.75) is 13.8 Å². The Bertz CT molecular complexity index is 704. The zero-order valence-electron chi connectivity index (χ0n) is 12.8. The van der Waals surface area contributed by atoms with E-state index >= 15 is 0 Å². The van der Waals surface area contributed by atoms with E-state index in [4.69, 9.17) is 0 Å². The molecule has 0 fully saturated rings. The van der Waals surface area contributed by atoms with Gasteiger partial charge in [-0.1, -0.05) is 60.7 Å². The van der Waals surface area contributed by atoms with Gasteiger partial charge in [0.05, 0.1) is 0 Å². The molecule has 0 unspecified atom stereocenters. The van der Waals surface area contributed by atoms with Crippen LogP contribution in [0.2, 0.25) is 0 Å². The Kier molecular flexibility index (Phi) is 4.36. The van der Waals surface area contributed by atoms with Crippen molar-refractivity contribution in [3.63, 3.8) is 0 Å². The first kappa shape index (κ1) is 14.9. The summed E-state index contributed by atoms with van der Waals surface area (Å²) in [6.07, 6.45) is 0. The quantitative estimate of drug-likeness (QED) is 0.636. The van der Waals surface area contributed by atoms with Crippen molar-refractivity contribution in [2.75, 3.05) is 0 Å². The molecule has 0 aromatic heterocycles. The van der Waals surface area contributed by atoms with Crippen molar-refractivity contribution in [2.24, 2.45) is 0 Å². The number of rotatable bonds is 3. The molecule has 0 amide bonds. The van der Waals surface area contributed by atoms with Crippen molar-refractivity contribution in [1.29, 1.82) is 0 Å². The minimum absolute atomic E-state index is 0.158. The summed E-state index contributed by atoms with van der Waals surface area (Å²) >= 11 is 0. The number of hydrogen-bond acceptors (Lipinski definition) is 0. The molecular formula is C20H18FP. The van der Waals surface area contributed by atoms with Gasteiger partial charge < -0.3 is 0 Å². The van der Waals surface area contributed by atoms with E-state index in [2.05, 4.69) is 48.5 Å². The lowest BCUT2D eigenvalue weighted by molar-refractivity contribution is 0.626. The molecule has 0 spiro atoms. The van der Waals surface area contributed by atoms with E-state index in [0.717, 1.165) is 11.1 Å². The Morgan fingerprint density at radius 3 is 1.50 bits per heavy atom. The minimum Gasteiger partial charge on any atom is -0.207 e. The lowest BCUT2D eigenvalue weighted by Gasteiger charge is -2.23. The van der Waals surface area contributed by atoms with Gasteiger partial charge in [0.25, 0.3) is 0 Å². The van der Waals surface area contributed by atoms with Gasteiger partial charge in [0.2, 0.25) is 0 Å². The number of halogens is 1. The van der Waals surface area contributed by atoms with E-state index in [1.807, 2.05) is 26.0 Å². The summed E-state index contributed by atoms with van der Waals surface area (Å²) in [6, 6.07) is 24.3. The monoisotopic (exact) mass is 308 g/mol. The van der Waals surface area contributed by atoms with Crippen molar-refractivity contribution in [3.8, 4) is 0 Å². The lowest BCUT2D eigenvalue weighted by atomic mass is 10.1. The molecule has 0 bridgehead atoms. The Labute approximate surface area is 132 Å². The summed E-state index contributed by atoms with van der Waals surface area (Å²) in [5.74, 6) is -0.158. The molecule has 0 aliphatic heterocycles. The molecule has 0 heterocycles.